The van der Waals surface area contributed by atoms with Crippen LogP contribution in [0.2, 0.25) is 0 Å². The number of carbonyl (C=O) groups excluding carboxylic acids is 1. The Morgan fingerprint density at radius 3 is 3.29 bits per heavy atom. The Morgan fingerprint density at radius 2 is 2.65 bits per heavy atom. The van der Waals surface area contributed by atoms with Gasteiger partial charge in [-0.25, -0.2) is 0 Å². The Labute approximate surface area is 104 Å². The average Bonchev–Trinajstić information content (AvgIpc) is 2.90. The number of ether oxygens (including phenoxy) is 1. The van der Waals surface area contributed by atoms with Crippen molar-refractivity contribution >= 4 is 17.2 Å². The summed E-state index contributed by atoms with van der Waals surface area (Å²) in [6.07, 6.45) is -0.644. The molecule has 0 bridgehead atoms. The van der Waals surface area contributed by atoms with Crippen LogP contribution in [0.5, 0.6) is 0 Å². The van der Waals surface area contributed by atoms with E-state index in [4.69, 9.17) is 4.74 Å². The minimum Gasteiger partial charge on any atom is -0.387 e. The highest BCUT2D eigenvalue weighted by Crippen LogP contribution is 2.15. The van der Waals surface area contributed by atoms with Gasteiger partial charge in [-0.05, 0) is 22.4 Å². The lowest BCUT2D eigenvalue weighted by molar-refractivity contribution is -0.126. The molecule has 0 aliphatic carbocycles. The Bertz CT molecular complexity index is 350. The van der Waals surface area contributed by atoms with E-state index in [2.05, 4.69) is 10.6 Å². The zero-order valence-corrected chi connectivity index (χ0v) is 10.2. The number of carbonyl (C=O) groups is 1. The lowest BCUT2D eigenvalue weighted by atomic mass is 10.2. The second kappa shape index (κ2) is 6.11. The van der Waals surface area contributed by atoms with Gasteiger partial charge in [0.1, 0.15) is 6.04 Å². The molecule has 3 N–H and O–H groups in total. The van der Waals surface area contributed by atoms with E-state index in [1.807, 2.05) is 16.8 Å². The van der Waals surface area contributed by atoms with Crippen molar-refractivity contribution in [2.45, 2.75) is 12.1 Å². The minimum atomic E-state index is -0.644. The van der Waals surface area contributed by atoms with E-state index < -0.39 is 6.10 Å². The highest BCUT2D eigenvalue weighted by molar-refractivity contribution is 7.07. The predicted octanol–water partition coefficient (Wildman–Crippen LogP) is -0.114. The molecule has 0 radical (unpaired) electrons. The molecule has 0 spiro atoms. The van der Waals surface area contributed by atoms with Crippen molar-refractivity contribution in [1.29, 1.82) is 0 Å². The lowest BCUT2D eigenvalue weighted by Gasteiger charge is -2.23. The molecule has 17 heavy (non-hydrogen) atoms. The SMILES string of the molecule is O=C(NCC(O)c1ccsc1)C1COCCN1. The molecular weight excluding hydrogens is 240 g/mol. The molecule has 5 nitrogen and oxygen atoms in total. The predicted molar refractivity (Wildman–Crippen MR) is 64.9 cm³/mol. The Balaban J connectivity index is 1.75. The molecule has 6 heteroatoms. The number of aliphatic hydroxyl groups is 1. The van der Waals surface area contributed by atoms with Gasteiger partial charge in [0, 0.05) is 13.1 Å². The number of rotatable bonds is 4. The summed E-state index contributed by atoms with van der Waals surface area (Å²) in [6.45, 7) is 1.95. The van der Waals surface area contributed by atoms with Gasteiger partial charge in [-0.3, -0.25) is 4.79 Å². The fourth-order valence-corrected chi connectivity index (χ4v) is 2.34. The molecule has 1 aliphatic heterocycles. The summed E-state index contributed by atoms with van der Waals surface area (Å²) in [5, 5.41) is 19.3. The van der Waals surface area contributed by atoms with Crippen LogP contribution in [0.15, 0.2) is 16.8 Å². The van der Waals surface area contributed by atoms with Gasteiger partial charge in [0.15, 0.2) is 0 Å². The summed E-state index contributed by atoms with van der Waals surface area (Å²) in [5.41, 5.74) is 0.836. The number of nitrogens with one attached hydrogen (secondary N) is 2. The first-order valence-electron chi connectivity index (χ1n) is 5.56. The highest BCUT2D eigenvalue weighted by atomic mass is 32.1. The second-order valence-corrected chi connectivity index (χ2v) is 4.68. The number of morpholine rings is 1. The lowest BCUT2D eigenvalue weighted by Crippen LogP contribution is -2.51. The molecule has 0 saturated carbocycles. The van der Waals surface area contributed by atoms with Crippen LogP contribution in [0.1, 0.15) is 11.7 Å². The summed E-state index contributed by atoms with van der Waals surface area (Å²) >= 11 is 1.53. The zero-order chi connectivity index (χ0) is 12.1. The number of thiophene rings is 1. The standard InChI is InChI=1S/C11H16N2O3S/c14-10(8-1-4-17-7-8)5-13-11(15)9-6-16-3-2-12-9/h1,4,7,9-10,12,14H,2-3,5-6H2,(H,13,15). The molecule has 2 unspecified atom stereocenters. The molecule has 0 aromatic carbocycles. The maximum absolute atomic E-state index is 11.7. The maximum atomic E-state index is 11.7. The summed E-state index contributed by atoms with van der Waals surface area (Å²) in [4.78, 5) is 11.7. The van der Waals surface area contributed by atoms with Gasteiger partial charge >= 0.3 is 0 Å². The largest absolute Gasteiger partial charge is 0.387 e. The van der Waals surface area contributed by atoms with Crippen molar-refractivity contribution in [3.8, 4) is 0 Å². The van der Waals surface area contributed by atoms with Crippen LogP contribution in [-0.4, -0.2) is 43.4 Å². The van der Waals surface area contributed by atoms with Crippen LogP contribution in [0, 0.1) is 0 Å². The van der Waals surface area contributed by atoms with Gasteiger partial charge in [-0.2, -0.15) is 11.3 Å². The van der Waals surface area contributed by atoms with Crippen LogP contribution < -0.4 is 10.6 Å². The third-order valence-corrected chi connectivity index (χ3v) is 3.34. The Kier molecular flexibility index (Phi) is 4.49. The van der Waals surface area contributed by atoms with E-state index in [1.165, 1.54) is 11.3 Å². The molecule has 1 aromatic heterocycles. The number of aliphatic hydroxyl groups excluding tert-OH is 1. The molecule has 2 heterocycles. The van der Waals surface area contributed by atoms with Crippen LogP contribution >= 0.6 is 11.3 Å². The van der Waals surface area contributed by atoms with Crippen molar-refractivity contribution in [2.75, 3.05) is 26.3 Å². The molecule has 1 aliphatic rings. The van der Waals surface area contributed by atoms with Crippen molar-refractivity contribution in [2.24, 2.45) is 0 Å². The van der Waals surface area contributed by atoms with E-state index in [-0.39, 0.29) is 18.5 Å². The molecule has 1 saturated heterocycles. The summed E-state index contributed by atoms with van der Waals surface area (Å²) in [6, 6.07) is 1.54. The maximum Gasteiger partial charge on any atom is 0.239 e. The molecule has 1 aromatic rings. The first-order valence-corrected chi connectivity index (χ1v) is 6.50. The molecule has 2 atom stereocenters. The van der Waals surface area contributed by atoms with Crippen LogP contribution in [0.3, 0.4) is 0 Å². The van der Waals surface area contributed by atoms with Gasteiger partial charge in [0.25, 0.3) is 0 Å². The van der Waals surface area contributed by atoms with E-state index in [9.17, 15) is 9.90 Å². The van der Waals surface area contributed by atoms with E-state index in [0.29, 0.717) is 19.8 Å². The first-order chi connectivity index (χ1) is 8.27. The van der Waals surface area contributed by atoms with Crippen molar-refractivity contribution < 1.29 is 14.6 Å². The molecular formula is C11H16N2O3S. The quantitative estimate of drug-likeness (QED) is 0.703. The molecule has 1 fully saturated rings. The topological polar surface area (TPSA) is 70.6 Å². The van der Waals surface area contributed by atoms with Crippen molar-refractivity contribution in [3.05, 3.63) is 22.4 Å². The van der Waals surface area contributed by atoms with Gasteiger partial charge in [0.05, 0.1) is 19.3 Å². The highest BCUT2D eigenvalue weighted by Gasteiger charge is 2.21. The average molecular weight is 256 g/mol. The van der Waals surface area contributed by atoms with Crippen molar-refractivity contribution in [1.82, 2.24) is 10.6 Å². The summed E-state index contributed by atoms with van der Waals surface area (Å²) in [5.74, 6) is -0.126. The van der Waals surface area contributed by atoms with Gasteiger partial charge in [0.2, 0.25) is 5.91 Å². The van der Waals surface area contributed by atoms with Crippen LogP contribution in [0.25, 0.3) is 0 Å². The van der Waals surface area contributed by atoms with Gasteiger partial charge in [-0.1, -0.05) is 0 Å². The molecule has 1 amide bonds. The van der Waals surface area contributed by atoms with Gasteiger partial charge < -0.3 is 20.5 Å². The Morgan fingerprint density at radius 1 is 1.76 bits per heavy atom. The number of hydrogen-bond donors (Lipinski definition) is 3. The smallest absolute Gasteiger partial charge is 0.239 e. The first kappa shape index (κ1) is 12.5. The van der Waals surface area contributed by atoms with E-state index in [1.54, 1.807) is 0 Å². The zero-order valence-electron chi connectivity index (χ0n) is 9.39. The van der Waals surface area contributed by atoms with Crippen LogP contribution in [-0.2, 0) is 9.53 Å². The number of amides is 1. The van der Waals surface area contributed by atoms with Gasteiger partial charge in [-0.15, -0.1) is 0 Å². The number of hydrogen-bond acceptors (Lipinski definition) is 5. The monoisotopic (exact) mass is 256 g/mol. The van der Waals surface area contributed by atoms with Crippen molar-refractivity contribution in [3.63, 3.8) is 0 Å². The second-order valence-electron chi connectivity index (χ2n) is 3.90. The normalized spacial score (nSPS) is 22.1. The van der Waals surface area contributed by atoms with Crippen LogP contribution in [0.4, 0.5) is 0 Å². The third kappa shape index (κ3) is 3.50. The third-order valence-electron chi connectivity index (χ3n) is 2.64. The molecule has 94 valence electrons. The van der Waals surface area contributed by atoms with E-state index in [0.717, 1.165) is 5.56 Å². The summed E-state index contributed by atoms with van der Waals surface area (Å²) < 4.78 is 5.20. The Hall–Kier alpha value is -0.950. The minimum absolute atomic E-state index is 0.126. The fourth-order valence-electron chi connectivity index (χ4n) is 1.64. The van der Waals surface area contributed by atoms with E-state index >= 15 is 0 Å². The fraction of sp³-hybridized carbons (Fsp3) is 0.545. The summed E-state index contributed by atoms with van der Waals surface area (Å²) in [7, 11) is 0. The molecule has 2 rings (SSSR count).